The van der Waals surface area contributed by atoms with E-state index in [0.717, 1.165) is 57.2 Å². The van der Waals surface area contributed by atoms with Gasteiger partial charge in [-0.15, -0.1) is 0 Å². The number of carbonyl (C=O) groups is 2. The number of piperidine rings is 1. The second-order valence-corrected chi connectivity index (χ2v) is 9.39. The summed E-state index contributed by atoms with van der Waals surface area (Å²) in [5.74, 6) is 0.579. The fourth-order valence-corrected chi connectivity index (χ4v) is 3.60. The van der Waals surface area contributed by atoms with Crippen molar-refractivity contribution < 1.29 is 9.59 Å². The molecule has 1 fully saturated rings. The van der Waals surface area contributed by atoms with E-state index in [2.05, 4.69) is 41.2 Å². The fourth-order valence-electron chi connectivity index (χ4n) is 3.60. The van der Waals surface area contributed by atoms with E-state index in [1.165, 1.54) is 0 Å². The summed E-state index contributed by atoms with van der Waals surface area (Å²) in [5.41, 5.74) is 1.76. The smallest absolute Gasteiger partial charge is 0.253 e. The molecule has 2 amide bonds. The van der Waals surface area contributed by atoms with Crippen LogP contribution >= 0.6 is 0 Å². The Hall–Kier alpha value is -2.08. The van der Waals surface area contributed by atoms with Gasteiger partial charge in [0.15, 0.2) is 0 Å². The SMILES string of the molecule is CCN(CC)CCNC(=O)c1cc(NC(=O)C(C)(C)C)ccc1N1CCC(C)CC1. The fraction of sp³-hybridized carbons (Fsp3) is 0.667. The van der Waals surface area contributed by atoms with Crippen LogP contribution in [0.2, 0.25) is 0 Å². The number of carbonyl (C=O) groups excluding carboxylic acids is 2. The summed E-state index contributed by atoms with van der Waals surface area (Å²) < 4.78 is 0. The minimum atomic E-state index is -0.492. The molecule has 0 saturated carbocycles. The van der Waals surface area contributed by atoms with E-state index in [1.54, 1.807) is 0 Å². The normalized spacial score (nSPS) is 15.4. The lowest BCUT2D eigenvalue weighted by molar-refractivity contribution is -0.123. The van der Waals surface area contributed by atoms with Crippen molar-refractivity contribution in [3.63, 3.8) is 0 Å². The third-order valence-electron chi connectivity index (χ3n) is 5.91. The summed E-state index contributed by atoms with van der Waals surface area (Å²) in [6, 6.07) is 5.71. The molecular formula is C24H40N4O2. The Kier molecular flexibility index (Phi) is 8.71. The number of anilines is 2. The minimum Gasteiger partial charge on any atom is -0.371 e. The molecule has 6 heteroatoms. The number of likely N-dealkylation sites (N-methyl/N-ethyl adjacent to an activating group) is 1. The van der Waals surface area contributed by atoms with Crippen molar-refractivity contribution in [2.75, 3.05) is 49.5 Å². The van der Waals surface area contributed by atoms with Gasteiger partial charge in [0.1, 0.15) is 0 Å². The number of rotatable bonds is 8. The molecule has 2 N–H and O–H groups in total. The van der Waals surface area contributed by atoms with Gasteiger partial charge in [0.05, 0.1) is 5.56 Å². The number of benzene rings is 1. The number of amides is 2. The van der Waals surface area contributed by atoms with Gasteiger partial charge in [0.25, 0.3) is 5.91 Å². The third-order valence-corrected chi connectivity index (χ3v) is 5.91. The molecule has 1 aliphatic rings. The molecule has 0 atom stereocenters. The van der Waals surface area contributed by atoms with E-state index < -0.39 is 5.41 Å². The van der Waals surface area contributed by atoms with Crippen LogP contribution in [0.3, 0.4) is 0 Å². The van der Waals surface area contributed by atoms with Crippen molar-refractivity contribution in [3.05, 3.63) is 23.8 Å². The molecule has 0 aromatic heterocycles. The minimum absolute atomic E-state index is 0.0602. The van der Waals surface area contributed by atoms with E-state index in [1.807, 2.05) is 39.0 Å². The van der Waals surface area contributed by atoms with Gasteiger partial charge in [-0.1, -0.05) is 41.5 Å². The first kappa shape index (κ1) is 24.2. The van der Waals surface area contributed by atoms with Crippen molar-refractivity contribution in [1.82, 2.24) is 10.2 Å². The Morgan fingerprint density at radius 3 is 2.33 bits per heavy atom. The molecule has 0 aliphatic carbocycles. The molecule has 1 aromatic carbocycles. The molecule has 0 bridgehead atoms. The molecule has 2 rings (SSSR count). The lowest BCUT2D eigenvalue weighted by atomic mass is 9.95. The molecule has 6 nitrogen and oxygen atoms in total. The van der Waals surface area contributed by atoms with Gasteiger partial charge >= 0.3 is 0 Å². The summed E-state index contributed by atoms with van der Waals surface area (Å²) >= 11 is 0. The van der Waals surface area contributed by atoms with Crippen molar-refractivity contribution >= 4 is 23.2 Å². The largest absolute Gasteiger partial charge is 0.371 e. The summed E-state index contributed by atoms with van der Waals surface area (Å²) in [7, 11) is 0. The van der Waals surface area contributed by atoms with Gasteiger partial charge in [-0.2, -0.15) is 0 Å². The zero-order valence-electron chi connectivity index (χ0n) is 19.7. The van der Waals surface area contributed by atoms with Crippen LogP contribution in [0, 0.1) is 11.3 Å². The van der Waals surface area contributed by atoms with Crippen molar-refractivity contribution in [2.24, 2.45) is 11.3 Å². The third kappa shape index (κ3) is 6.73. The first-order valence-electron chi connectivity index (χ1n) is 11.4. The van der Waals surface area contributed by atoms with Gasteiger partial charge in [-0.05, 0) is 50.0 Å². The first-order chi connectivity index (χ1) is 14.2. The van der Waals surface area contributed by atoms with E-state index in [0.29, 0.717) is 17.8 Å². The average Bonchev–Trinajstić information content (AvgIpc) is 2.71. The monoisotopic (exact) mass is 416 g/mol. The lowest BCUT2D eigenvalue weighted by Crippen LogP contribution is -2.37. The van der Waals surface area contributed by atoms with Crippen LogP contribution in [0.5, 0.6) is 0 Å². The molecule has 168 valence electrons. The Morgan fingerprint density at radius 1 is 1.13 bits per heavy atom. The van der Waals surface area contributed by atoms with Crippen LogP contribution in [0.1, 0.15) is 64.7 Å². The lowest BCUT2D eigenvalue weighted by Gasteiger charge is -2.33. The quantitative estimate of drug-likeness (QED) is 0.673. The van der Waals surface area contributed by atoms with Gasteiger partial charge in [-0.25, -0.2) is 0 Å². The number of nitrogens with one attached hydrogen (secondary N) is 2. The Balaban J connectivity index is 2.21. The molecule has 30 heavy (non-hydrogen) atoms. The van der Waals surface area contributed by atoms with E-state index >= 15 is 0 Å². The van der Waals surface area contributed by atoms with Crippen molar-refractivity contribution in [3.8, 4) is 0 Å². The number of hydrogen-bond donors (Lipinski definition) is 2. The number of nitrogens with zero attached hydrogens (tertiary/aromatic N) is 2. The first-order valence-corrected chi connectivity index (χ1v) is 11.4. The van der Waals surface area contributed by atoms with Gasteiger partial charge in [0, 0.05) is 43.0 Å². The second-order valence-electron chi connectivity index (χ2n) is 9.39. The standard InChI is InChI=1S/C24H40N4O2/c1-7-27(8-2)16-13-25-22(29)20-17-19(26-23(30)24(4,5)6)9-10-21(20)28-14-11-18(3)12-15-28/h9-10,17-18H,7-8,11-16H2,1-6H3,(H,25,29)(H,26,30). The summed E-state index contributed by atoms with van der Waals surface area (Å²) in [6.45, 7) is 17.5. The van der Waals surface area contributed by atoms with Crippen LogP contribution in [0.4, 0.5) is 11.4 Å². The highest BCUT2D eigenvalue weighted by atomic mass is 16.2. The van der Waals surface area contributed by atoms with Gasteiger partial charge < -0.3 is 20.4 Å². The zero-order chi connectivity index (χ0) is 22.3. The maximum Gasteiger partial charge on any atom is 0.253 e. The topological polar surface area (TPSA) is 64.7 Å². The Morgan fingerprint density at radius 2 is 1.77 bits per heavy atom. The molecule has 1 saturated heterocycles. The summed E-state index contributed by atoms with van der Waals surface area (Å²) in [6.07, 6.45) is 2.26. The summed E-state index contributed by atoms with van der Waals surface area (Å²) in [5, 5.41) is 6.04. The van der Waals surface area contributed by atoms with Gasteiger partial charge in [-0.3, -0.25) is 9.59 Å². The van der Waals surface area contributed by atoms with Crippen molar-refractivity contribution in [2.45, 2.75) is 54.4 Å². The Labute approximate surface area is 182 Å². The number of hydrogen-bond acceptors (Lipinski definition) is 4. The molecular weight excluding hydrogens is 376 g/mol. The molecule has 1 aromatic rings. The maximum absolute atomic E-state index is 13.1. The maximum atomic E-state index is 13.1. The molecule has 0 spiro atoms. The molecule has 1 aliphatic heterocycles. The molecule has 1 heterocycles. The van der Waals surface area contributed by atoms with Gasteiger partial charge in [0.2, 0.25) is 5.91 Å². The van der Waals surface area contributed by atoms with Crippen LogP contribution in [-0.4, -0.2) is 56.0 Å². The van der Waals surface area contributed by atoms with Crippen LogP contribution in [-0.2, 0) is 4.79 Å². The highest BCUT2D eigenvalue weighted by Crippen LogP contribution is 2.29. The Bertz CT molecular complexity index is 714. The highest BCUT2D eigenvalue weighted by molar-refractivity contribution is 6.02. The zero-order valence-corrected chi connectivity index (χ0v) is 19.7. The van der Waals surface area contributed by atoms with Crippen molar-refractivity contribution in [1.29, 1.82) is 0 Å². The highest BCUT2D eigenvalue weighted by Gasteiger charge is 2.24. The molecule has 0 unspecified atom stereocenters. The van der Waals surface area contributed by atoms with Crippen LogP contribution in [0.25, 0.3) is 0 Å². The van der Waals surface area contributed by atoms with E-state index in [9.17, 15) is 9.59 Å². The summed E-state index contributed by atoms with van der Waals surface area (Å²) in [4.78, 5) is 30.1. The predicted octanol–water partition coefficient (Wildman–Crippen LogP) is 3.98. The van der Waals surface area contributed by atoms with Crippen LogP contribution in [0.15, 0.2) is 18.2 Å². The van der Waals surface area contributed by atoms with E-state index in [4.69, 9.17) is 0 Å². The van der Waals surface area contributed by atoms with Crippen LogP contribution < -0.4 is 15.5 Å². The second kappa shape index (κ2) is 10.8. The molecule has 0 radical (unpaired) electrons. The average molecular weight is 417 g/mol. The predicted molar refractivity (Wildman–Crippen MR) is 125 cm³/mol. The van der Waals surface area contributed by atoms with E-state index in [-0.39, 0.29) is 11.8 Å².